The van der Waals surface area contributed by atoms with E-state index in [1.807, 2.05) is 23.1 Å². The zero-order valence-corrected chi connectivity index (χ0v) is 12.2. The molecule has 1 aromatic heterocycles. The Labute approximate surface area is 108 Å². The molecule has 1 atom stereocenters. The van der Waals surface area contributed by atoms with Crippen molar-refractivity contribution < 1.29 is 0 Å². The van der Waals surface area contributed by atoms with Crippen LogP contribution < -0.4 is 5.73 Å². The van der Waals surface area contributed by atoms with E-state index in [9.17, 15) is 0 Å². The first-order valence-corrected chi connectivity index (χ1v) is 7.99. The van der Waals surface area contributed by atoms with Crippen molar-refractivity contribution in [1.29, 1.82) is 0 Å². The molecule has 0 aromatic carbocycles. The standard InChI is InChI=1S/C13H23NS2/c1-4-12-5-6-13(16-12)7-11(14)9-15-8-10(2)3/h5-6,10-11H,4,7-9,14H2,1-3H3. The molecule has 0 saturated heterocycles. The van der Waals surface area contributed by atoms with E-state index in [4.69, 9.17) is 5.73 Å². The van der Waals surface area contributed by atoms with Crippen LogP contribution in [0.2, 0.25) is 0 Å². The molecule has 0 aliphatic carbocycles. The van der Waals surface area contributed by atoms with Crippen molar-refractivity contribution in [3.8, 4) is 0 Å². The van der Waals surface area contributed by atoms with E-state index in [-0.39, 0.29) is 0 Å². The summed E-state index contributed by atoms with van der Waals surface area (Å²) in [5.74, 6) is 3.07. The first-order valence-electron chi connectivity index (χ1n) is 6.02. The third-order valence-corrected chi connectivity index (χ3v) is 5.13. The van der Waals surface area contributed by atoms with Gasteiger partial charge in [0, 0.05) is 21.5 Å². The molecule has 16 heavy (non-hydrogen) atoms. The monoisotopic (exact) mass is 257 g/mol. The smallest absolute Gasteiger partial charge is 0.0179 e. The average molecular weight is 257 g/mol. The molecule has 92 valence electrons. The summed E-state index contributed by atoms with van der Waals surface area (Å²) < 4.78 is 0. The Morgan fingerprint density at radius 1 is 1.25 bits per heavy atom. The maximum Gasteiger partial charge on any atom is 0.0179 e. The minimum absolute atomic E-state index is 0.312. The van der Waals surface area contributed by atoms with E-state index in [0.717, 1.165) is 24.5 Å². The molecule has 2 N–H and O–H groups in total. The molecule has 1 aromatic rings. The highest BCUT2D eigenvalue weighted by Gasteiger charge is 2.07. The van der Waals surface area contributed by atoms with Crippen LogP contribution in [0.15, 0.2) is 12.1 Å². The molecule has 0 spiro atoms. The molecule has 1 rings (SSSR count). The van der Waals surface area contributed by atoms with Gasteiger partial charge in [-0.3, -0.25) is 0 Å². The topological polar surface area (TPSA) is 26.0 Å². The Bertz CT molecular complexity index is 294. The second-order valence-electron chi connectivity index (χ2n) is 4.62. The van der Waals surface area contributed by atoms with Gasteiger partial charge in [0.2, 0.25) is 0 Å². The summed E-state index contributed by atoms with van der Waals surface area (Å²) in [7, 11) is 0. The first-order chi connectivity index (χ1) is 7.61. The Balaban J connectivity index is 2.25. The van der Waals surface area contributed by atoms with Crippen molar-refractivity contribution in [2.24, 2.45) is 11.7 Å². The Morgan fingerprint density at radius 2 is 1.94 bits per heavy atom. The van der Waals surface area contributed by atoms with Gasteiger partial charge in [0.05, 0.1) is 0 Å². The van der Waals surface area contributed by atoms with E-state index in [0.29, 0.717) is 6.04 Å². The van der Waals surface area contributed by atoms with E-state index in [2.05, 4.69) is 32.9 Å². The molecule has 0 amide bonds. The van der Waals surface area contributed by atoms with Crippen molar-refractivity contribution in [3.63, 3.8) is 0 Å². The Morgan fingerprint density at radius 3 is 2.50 bits per heavy atom. The van der Waals surface area contributed by atoms with Crippen molar-refractivity contribution in [2.45, 2.75) is 39.7 Å². The lowest BCUT2D eigenvalue weighted by atomic mass is 10.2. The van der Waals surface area contributed by atoms with Crippen molar-refractivity contribution in [2.75, 3.05) is 11.5 Å². The fraction of sp³-hybridized carbons (Fsp3) is 0.692. The van der Waals surface area contributed by atoms with Crippen LogP contribution in [0.25, 0.3) is 0 Å². The second kappa shape index (κ2) is 7.36. The van der Waals surface area contributed by atoms with Gasteiger partial charge in [0.25, 0.3) is 0 Å². The van der Waals surface area contributed by atoms with E-state index >= 15 is 0 Å². The molecular formula is C13H23NS2. The number of hydrogen-bond donors (Lipinski definition) is 1. The summed E-state index contributed by atoms with van der Waals surface area (Å²) >= 11 is 3.89. The van der Waals surface area contributed by atoms with Crippen molar-refractivity contribution in [3.05, 3.63) is 21.9 Å². The number of hydrogen-bond acceptors (Lipinski definition) is 3. The summed E-state index contributed by atoms with van der Waals surface area (Å²) in [5.41, 5.74) is 6.13. The Hall–Kier alpha value is 0.01000. The molecule has 1 heterocycles. The zero-order valence-electron chi connectivity index (χ0n) is 10.5. The summed E-state index contributed by atoms with van der Waals surface area (Å²) in [4.78, 5) is 2.91. The van der Waals surface area contributed by atoms with Gasteiger partial charge in [-0.05, 0) is 36.6 Å². The molecule has 0 fully saturated rings. The van der Waals surface area contributed by atoms with Crippen LogP contribution in [0.5, 0.6) is 0 Å². The molecule has 0 saturated carbocycles. The predicted molar refractivity (Wildman–Crippen MR) is 77.5 cm³/mol. The van der Waals surface area contributed by atoms with E-state index < -0.39 is 0 Å². The highest BCUT2D eigenvalue weighted by atomic mass is 32.2. The molecular weight excluding hydrogens is 234 g/mol. The third kappa shape index (κ3) is 5.37. The van der Waals surface area contributed by atoms with Gasteiger partial charge in [0.1, 0.15) is 0 Å². The number of nitrogens with two attached hydrogens (primary N) is 1. The molecule has 3 heteroatoms. The zero-order chi connectivity index (χ0) is 12.0. The normalized spacial score (nSPS) is 13.3. The van der Waals surface area contributed by atoms with Gasteiger partial charge in [-0.25, -0.2) is 0 Å². The van der Waals surface area contributed by atoms with Gasteiger partial charge in [-0.1, -0.05) is 20.8 Å². The highest BCUT2D eigenvalue weighted by molar-refractivity contribution is 7.99. The summed E-state index contributed by atoms with van der Waals surface area (Å²) in [6.45, 7) is 6.71. The molecule has 0 radical (unpaired) electrons. The van der Waals surface area contributed by atoms with Crippen LogP contribution in [0.3, 0.4) is 0 Å². The van der Waals surface area contributed by atoms with Crippen LogP contribution in [-0.4, -0.2) is 17.5 Å². The van der Waals surface area contributed by atoms with Gasteiger partial charge < -0.3 is 5.73 Å². The fourth-order valence-corrected chi connectivity index (χ4v) is 3.57. The largest absolute Gasteiger partial charge is 0.327 e. The lowest BCUT2D eigenvalue weighted by Crippen LogP contribution is -2.25. The fourth-order valence-electron chi connectivity index (χ4n) is 1.49. The second-order valence-corrected chi connectivity index (χ2v) is 6.94. The van der Waals surface area contributed by atoms with Crippen LogP contribution in [0.1, 0.15) is 30.5 Å². The van der Waals surface area contributed by atoms with Crippen LogP contribution in [-0.2, 0) is 12.8 Å². The number of thiophene rings is 1. The molecule has 0 bridgehead atoms. The quantitative estimate of drug-likeness (QED) is 0.808. The first kappa shape index (κ1) is 14.1. The third-order valence-electron chi connectivity index (χ3n) is 2.31. The van der Waals surface area contributed by atoms with Gasteiger partial charge >= 0.3 is 0 Å². The summed E-state index contributed by atoms with van der Waals surface area (Å²) in [6.07, 6.45) is 2.18. The summed E-state index contributed by atoms with van der Waals surface area (Å²) in [5, 5.41) is 0. The lowest BCUT2D eigenvalue weighted by molar-refractivity contribution is 0.735. The number of aryl methyl sites for hydroxylation is 1. The van der Waals surface area contributed by atoms with Crippen LogP contribution in [0.4, 0.5) is 0 Å². The minimum atomic E-state index is 0.312. The highest BCUT2D eigenvalue weighted by Crippen LogP contribution is 2.19. The van der Waals surface area contributed by atoms with Crippen molar-refractivity contribution >= 4 is 23.1 Å². The minimum Gasteiger partial charge on any atom is -0.327 e. The maximum absolute atomic E-state index is 6.13. The van der Waals surface area contributed by atoms with Crippen LogP contribution in [0, 0.1) is 5.92 Å². The predicted octanol–water partition coefficient (Wildman–Crippen LogP) is 3.57. The number of rotatable bonds is 7. The molecule has 1 nitrogen and oxygen atoms in total. The van der Waals surface area contributed by atoms with Crippen molar-refractivity contribution in [1.82, 2.24) is 0 Å². The number of thioether (sulfide) groups is 1. The van der Waals surface area contributed by atoms with Gasteiger partial charge in [0.15, 0.2) is 0 Å². The van der Waals surface area contributed by atoms with E-state index in [1.54, 1.807) is 0 Å². The molecule has 0 aliphatic rings. The summed E-state index contributed by atoms with van der Waals surface area (Å²) in [6, 6.07) is 4.77. The van der Waals surface area contributed by atoms with Crippen LogP contribution >= 0.6 is 23.1 Å². The van der Waals surface area contributed by atoms with Gasteiger partial charge in [-0.2, -0.15) is 11.8 Å². The molecule has 1 unspecified atom stereocenters. The Kier molecular flexibility index (Phi) is 6.47. The van der Waals surface area contributed by atoms with E-state index in [1.165, 1.54) is 15.5 Å². The lowest BCUT2D eigenvalue weighted by Gasteiger charge is -2.11. The van der Waals surface area contributed by atoms with Gasteiger partial charge in [-0.15, -0.1) is 11.3 Å². The maximum atomic E-state index is 6.13. The molecule has 0 aliphatic heterocycles. The average Bonchev–Trinajstić information content (AvgIpc) is 2.65. The SMILES string of the molecule is CCc1ccc(CC(N)CSCC(C)C)s1.